The Morgan fingerprint density at radius 1 is 0.879 bits per heavy atom. The van der Waals surface area contributed by atoms with Gasteiger partial charge in [0.15, 0.2) is 11.5 Å². The molecule has 0 radical (unpaired) electrons. The number of hydrogen-bond donors (Lipinski definition) is 1. The van der Waals surface area contributed by atoms with Gasteiger partial charge in [0.25, 0.3) is 17.7 Å². The molecule has 1 aliphatic heterocycles. The third kappa shape index (κ3) is 4.00. The number of anilines is 1. The zero-order valence-corrected chi connectivity index (χ0v) is 17.9. The van der Waals surface area contributed by atoms with Gasteiger partial charge in [-0.25, -0.2) is 0 Å². The Morgan fingerprint density at radius 2 is 1.55 bits per heavy atom. The largest absolute Gasteiger partial charge is 0.493 e. The number of nitriles is 1. The number of hydrogen-bond acceptors (Lipinski definition) is 6. The second-order valence-corrected chi connectivity index (χ2v) is 7.22. The van der Waals surface area contributed by atoms with Crippen molar-refractivity contribution in [3.8, 4) is 28.7 Å². The molecule has 0 atom stereocenters. The molecule has 33 heavy (non-hydrogen) atoms. The van der Waals surface area contributed by atoms with Crippen LogP contribution in [0.2, 0.25) is 0 Å². The van der Waals surface area contributed by atoms with Crippen LogP contribution in [0.25, 0.3) is 11.1 Å². The van der Waals surface area contributed by atoms with E-state index in [4.69, 9.17) is 14.7 Å². The Labute approximate surface area is 190 Å². The van der Waals surface area contributed by atoms with Crippen LogP contribution in [0.5, 0.6) is 11.5 Å². The molecule has 0 spiro atoms. The van der Waals surface area contributed by atoms with E-state index in [1.54, 1.807) is 38.5 Å². The summed E-state index contributed by atoms with van der Waals surface area (Å²) >= 11 is 0. The van der Waals surface area contributed by atoms with Crippen LogP contribution in [0.3, 0.4) is 0 Å². The molecule has 0 aliphatic carbocycles. The Balaban J connectivity index is 1.51. The molecule has 0 saturated heterocycles. The second kappa shape index (κ2) is 8.85. The van der Waals surface area contributed by atoms with Gasteiger partial charge in [-0.05, 0) is 53.6 Å². The van der Waals surface area contributed by atoms with Crippen LogP contribution in [0.1, 0.15) is 31.1 Å². The van der Waals surface area contributed by atoms with E-state index >= 15 is 0 Å². The molecular formula is C25H19N3O5. The average Bonchev–Trinajstić information content (AvgIpc) is 3.08. The van der Waals surface area contributed by atoms with Crippen LogP contribution in [0, 0.1) is 11.3 Å². The van der Waals surface area contributed by atoms with Gasteiger partial charge < -0.3 is 14.8 Å². The van der Waals surface area contributed by atoms with Crippen LogP contribution >= 0.6 is 0 Å². The minimum atomic E-state index is -0.549. The molecule has 1 N–H and O–H groups in total. The first-order valence-electron chi connectivity index (χ1n) is 9.98. The lowest BCUT2D eigenvalue weighted by atomic mass is 10.0. The Hall–Kier alpha value is -4.64. The minimum Gasteiger partial charge on any atom is -0.493 e. The molecule has 0 unspecified atom stereocenters. The van der Waals surface area contributed by atoms with E-state index in [1.165, 1.54) is 12.1 Å². The molecule has 3 amide bonds. The van der Waals surface area contributed by atoms with Gasteiger partial charge in [-0.2, -0.15) is 5.26 Å². The van der Waals surface area contributed by atoms with E-state index in [-0.39, 0.29) is 23.6 Å². The van der Waals surface area contributed by atoms with E-state index in [9.17, 15) is 14.4 Å². The van der Waals surface area contributed by atoms with Crippen LogP contribution < -0.4 is 14.8 Å². The number of ether oxygens (including phenoxy) is 2. The van der Waals surface area contributed by atoms with E-state index in [1.807, 2.05) is 30.3 Å². The number of carbonyl (C=O) groups is 3. The topological polar surface area (TPSA) is 109 Å². The summed E-state index contributed by atoms with van der Waals surface area (Å²) in [5.74, 6) is -0.191. The number of benzene rings is 3. The van der Waals surface area contributed by atoms with E-state index in [2.05, 4.69) is 5.32 Å². The molecule has 8 heteroatoms. The Kier molecular flexibility index (Phi) is 5.79. The highest BCUT2D eigenvalue weighted by Gasteiger charge is 2.35. The number of carbonyl (C=O) groups excluding carboxylic acids is 3. The first-order chi connectivity index (χ1) is 16.0. The van der Waals surface area contributed by atoms with Crippen LogP contribution in [0.15, 0.2) is 60.7 Å². The van der Waals surface area contributed by atoms with Crippen molar-refractivity contribution in [2.24, 2.45) is 0 Å². The van der Waals surface area contributed by atoms with Gasteiger partial charge in [0.1, 0.15) is 6.54 Å². The molecule has 3 aromatic rings. The molecule has 0 saturated carbocycles. The van der Waals surface area contributed by atoms with Gasteiger partial charge in [-0.15, -0.1) is 0 Å². The molecular weight excluding hydrogens is 422 g/mol. The first kappa shape index (κ1) is 21.6. The summed E-state index contributed by atoms with van der Waals surface area (Å²) < 4.78 is 10.6. The SMILES string of the molecule is COc1ccc(-c2ccc(C(=O)Nc3ccc4c(c3)C(=O)N(CC#N)C4=O)cc2)cc1OC. The fourth-order valence-corrected chi connectivity index (χ4v) is 3.62. The van der Waals surface area contributed by atoms with Crippen molar-refractivity contribution >= 4 is 23.4 Å². The average molecular weight is 441 g/mol. The van der Waals surface area contributed by atoms with E-state index < -0.39 is 11.8 Å². The van der Waals surface area contributed by atoms with Crippen molar-refractivity contribution in [1.82, 2.24) is 4.90 Å². The van der Waals surface area contributed by atoms with Gasteiger partial charge in [0.05, 0.1) is 31.4 Å². The molecule has 1 aliphatic rings. The summed E-state index contributed by atoms with van der Waals surface area (Å²) in [6.45, 7) is -0.319. The highest BCUT2D eigenvalue weighted by atomic mass is 16.5. The van der Waals surface area contributed by atoms with Crippen LogP contribution in [0.4, 0.5) is 5.69 Å². The summed E-state index contributed by atoms with van der Waals surface area (Å²) in [6, 6.07) is 18.9. The molecule has 0 bridgehead atoms. The maximum atomic E-state index is 12.7. The van der Waals surface area contributed by atoms with Gasteiger partial charge in [0.2, 0.25) is 0 Å². The zero-order chi connectivity index (χ0) is 23.5. The van der Waals surface area contributed by atoms with E-state index in [0.717, 1.165) is 16.0 Å². The number of nitrogens with one attached hydrogen (secondary N) is 1. The van der Waals surface area contributed by atoms with Gasteiger partial charge >= 0.3 is 0 Å². The summed E-state index contributed by atoms with van der Waals surface area (Å²) in [5, 5.41) is 11.6. The number of amides is 3. The fraction of sp³-hybridized carbons (Fsp3) is 0.120. The maximum Gasteiger partial charge on any atom is 0.262 e. The number of methoxy groups -OCH3 is 2. The molecule has 0 aromatic heterocycles. The number of rotatable bonds is 6. The van der Waals surface area contributed by atoms with Crippen molar-refractivity contribution in [1.29, 1.82) is 5.26 Å². The second-order valence-electron chi connectivity index (χ2n) is 7.22. The lowest BCUT2D eigenvalue weighted by Crippen LogP contribution is -2.29. The third-order valence-electron chi connectivity index (χ3n) is 5.32. The molecule has 0 fully saturated rings. The zero-order valence-electron chi connectivity index (χ0n) is 17.9. The third-order valence-corrected chi connectivity index (χ3v) is 5.32. The van der Waals surface area contributed by atoms with Crippen LogP contribution in [-0.4, -0.2) is 43.4 Å². The molecule has 8 nitrogen and oxygen atoms in total. The van der Waals surface area contributed by atoms with Gasteiger partial charge in [-0.1, -0.05) is 18.2 Å². The minimum absolute atomic E-state index is 0.164. The summed E-state index contributed by atoms with van der Waals surface area (Å²) in [7, 11) is 3.14. The lowest BCUT2D eigenvalue weighted by molar-refractivity contribution is 0.0673. The Morgan fingerprint density at radius 3 is 2.21 bits per heavy atom. The fourth-order valence-electron chi connectivity index (χ4n) is 3.62. The predicted molar refractivity (Wildman–Crippen MR) is 120 cm³/mol. The normalized spacial score (nSPS) is 12.2. The number of nitrogens with zero attached hydrogens (tertiary/aromatic N) is 2. The molecule has 1 heterocycles. The monoisotopic (exact) mass is 441 g/mol. The van der Waals surface area contributed by atoms with Crippen molar-refractivity contribution in [2.75, 3.05) is 26.1 Å². The molecule has 4 rings (SSSR count). The lowest BCUT2D eigenvalue weighted by Gasteiger charge is -2.10. The van der Waals surface area contributed by atoms with Crippen molar-refractivity contribution in [3.05, 3.63) is 77.4 Å². The van der Waals surface area contributed by atoms with Crippen molar-refractivity contribution in [2.45, 2.75) is 0 Å². The summed E-state index contributed by atoms with van der Waals surface area (Å²) in [5.41, 5.74) is 2.98. The highest BCUT2D eigenvalue weighted by molar-refractivity contribution is 6.22. The number of imide groups is 1. The van der Waals surface area contributed by atoms with E-state index in [0.29, 0.717) is 22.7 Å². The predicted octanol–water partition coefficient (Wildman–Crippen LogP) is 3.74. The molecule has 164 valence electrons. The standard InChI is InChI=1S/C25H19N3O5/c1-32-21-10-7-17(13-22(21)33-2)15-3-5-16(6-4-15)23(29)27-18-8-9-19-20(14-18)25(31)28(12-11-26)24(19)30/h3-10,13-14H,12H2,1-2H3,(H,27,29). The van der Waals surface area contributed by atoms with Crippen molar-refractivity contribution < 1.29 is 23.9 Å². The highest BCUT2D eigenvalue weighted by Crippen LogP contribution is 2.32. The molecule has 3 aromatic carbocycles. The Bertz CT molecular complexity index is 1310. The van der Waals surface area contributed by atoms with Gasteiger partial charge in [0, 0.05) is 11.3 Å². The van der Waals surface area contributed by atoms with Gasteiger partial charge in [-0.3, -0.25) is 19.3 Å². The quantitative estimate of drug-likeness (QED) is 0.461. The summed E-state index contributed by atoms with van der Waals surface area (Å²) in [4.78, 5) is 38.2. The number of fused-ring (bicyclic) bond motifs is 1. The van der Waals surface area contributed by atoms with Crippen LogP contribution in [-0.2, 0) is 0 Å². The smallest absolute Gasteiger partial charge is 0.262 e. The maximum absolute atomic E-state index is 12.7. The summed E-state index contributed by atoms with van der Waals surface area (Å²) in [6.07, 6.45) is 0. The van der Waals surface area contributed by atoms with Crippen molar-refractivity contribution in [3.63, 3.8) is 0 Å². The first-order valence-corrected chi connectivity index (χ1v) is 9.98.